The van der Waals surface area contributed by atoms with Gasteiger partial charge >= 0.3 is 0 Å². The molecule has 0 bridgehead atoms. The molecule has 0 atom stereocenters. The quantitative estimate of drug-likeness (QED) is 0.395. The number of hydrogen-bond acceptors (Lipinski definition) is 8. The van der Waals surface area contributed by atoms with Crippen LogP contribution in [0.1, 0.15) is 10.4 Å². The summed E-state index contributed by atoms with van der Waals surface area (Å²) in [6, 6.07) is 10.3. The number of rotatable bonds is 7. The Morgan fingerprint density at radius 3 is 2.71 bits per heavy atom. The van der Waals surface area contributed by atoms with E-state index in [1.807, 2.05) is 23.9 Å². The second-order valence-corrected chi connectivity index (χ2v) is 11.0. The molecule has 0 unspecified atom stereocenters. The summed E-state index contributed by atoms with van der Waals surface area (Å²) in [5, 5.41) is 6.71. The first-order valence-corrected chi connectivity index (χ1v) is 13.5. The van der Waals surface area contributed by atoms with Gasteiger partial charge in [-0.1, -0.05) is 11.3 Å². The van der Waals surface area contributed by atoms with Crippen LogP contribution in [0.4, 0.5) is 11.1 Å². The van der Waals surface area contributed by atoms with Crippen molar-refractivity contribution in [2.45, 2.75) is 4.90 Å². The van der Waals surface area contributed by atoms with Gasteiger partial charge in [-0.25, -0.2) is 18.4 Å². The minimum atomic E-state index is -3.28. The molecule has 0 saturated carbocycles. The summed E-state index contributed by atoms with van der Waals surface area (Å²) in [6.07, 6.45) is 3.18. The van der Waals surface area contributed by atoms with Crippen LogP contribution in [0.2, 0.25) is 0 Å². The van der Waals surface area contributed by atoms with E-state index < -0.39 is 9.84 Å². The van der Waals surface area contributed by atoms with E-state index in [1.54, 1.807) is 42.1 Å². The molecule has 1 amide bonds. The SMILES string of the molecule is CSCCNC(=O)c1ccc2c(c1)nc(Nc1nc3ccc(S(C)(=O)=O)cc3s1)n2C. The number of benzene rings is 2. The molecule has 2 aromatic carbocycles. The van der Waals surface area contributed by atoms with Crippen molar-refractivity contribution in [3.05, 3.63) is 42.0 Å². The van der Waals surface area contributed by atoms with Gasteiger partial charge in [0.1, 0.15) is 0 Å². The lowest BCUT2D eigenvalue weighted by atomic mass is 10.2. The summed E-state index contributed by atoms with van der Waals surface area (Å²) < 4.78 is 26.2. The Morgan fingerprint density at radius 2 is 1.97 bits per heavy atom. The van der Waals surface area contributed by atoms with Crippen LogP contribution >= 0.6 is 23.1 Å². The van der Waals surface area contributed by atoms with Gasteiger partial charge in [0, 0.05) is 31.2 Å². The molecule has 2 N–H and O–H groups in total. The number of carbonyl (C=O) groups is 1. The van der Waals surface area contributed by atoms with Crippen LogP contribution in [0.25, 0.3) is 21.3 Å². The van der Waals surface area contributed by atoms with Crippen LogP contribution in [0.5, 0.6) is 0 Å². The molecule has 0 fully saturated rings. The summed E-state index contributed by atoms with van der Waals surface area (Å²) in [6.45, 7) is 0.617. The van der Waals surface area contributed by atoms with Crippen molar-refractivity contribution in [2.75, 3.05) is 30.1 Å². The Hall–Kier alpha value is -2.63. The Bertz CT molecular complexity index is 1390. The highest BCUT2D eigenvalue weighted by atomic mass is 32.2. The van der Waals surface area contributed by atoms with Crippen LogP contribution in [0, 0.1) is 0 Å². The minimum Gasteiger partial charge on any atom is -0.351 e. The van der Waals surface area contributed by atoms with Crippen LogP contribution in [-0.4, -0.2) is 53.7 Å². The standard InChI is InChI=1S/C20H21N5O3S3/c1-25-16-7-4-12(18(26)21-8-9-29-2)10-15(16)22-19(25)24-20-23-14-6-5-13(31(3,27)28)11-17(14)30-20/h4-7,10-11H,8-9H2,1-3H3,(H,21,26)(H,22,23,24). The van der Waals surface area contributed by atoms with Crippen molar-refractivity contribution in [3.63, 3.8) is 0 Å². The smallest absolute Gasteiger partial charge is 0.251 e. The molecular weight excluding hydrogens is 454 g/mol. The van der Waals surface area contributed by atoms with Crippen LogP contribution < -0.4 is 10.6 Å². The zero-order chi connectivity index (χ0) is 22.2. The van der Waals surface area contributed by atoms with Crippen LogP contribution in [0.15, 0.2) is 41.3 Å². The number of sulfone groups is 1. The number of anilines is 2. The van der Waals surface area contributed by atoms with E-state index in [1.165, 1.54) is 17.6 Å². The highest BCUT2D eigenvalue weighted by Crippen LogP contribution is 2.31. The largest absolute Gasteiger partial charge is 0.351 e. The molecule has 0 aliphatic heterocycles. The van der Waals surface area contributed by atoms with Crippen molar-refractivity contribution in [3.8, 4) is 0 Å². The van der Waals surface area contributed by atoms with E-state index in [0.29, 0.717) is 34.2 Å². The molecule has 162 valence electrons. The lowest BCUT2D eigenvalue weighted by Crippen LogP contribution is -2.25. The number of hydrogen-bond donors (Lipinski definition) is 2. The molecule has 0 aliphatic carbocycles. The highest BCUT2D eigenvalue weighted by molar-refractivity contribution is 7.98. The molecule has 4 aromatic rings. The summed E-state index contributed by atoms with van der Waals surface area (Å²) in [5.41, 5.74) is 2.85. The van der Waals surface area contributed by atoms with E-state index in [2.05, 4.69) is 20.6 Å². The average Bonchev–Trinajstić information content (AvgIpc) is 3.27. The Morgan fingerprint density at radius 1 is 1.16 bits per heavy atom. The number of thioether (sulfide) groups is 1. The third-order valence-corrected chi connectivity index (χ3v) is 7.40. The number of imidazole rings is 1. The number of nitrogens with zero attached hydrogens (tertiary/aromatic N) is 3. The van der Waals surface area contributed by atoms with Crippen molar-refractivity contribution in [1.82, 2.24) is 19.9 Å². The second kappa shape index (κ2) is 8.48. The topological polar surface area (TPSA) is 106 Å². The second-order valence-electron chi connectivity index (χ2n) is 6.99. The number of carbonyl (C=O) groups excluding carboxylic acids is 1. The third-order valence-electron chi connectivity index (χ3n) is 4.74. The van der Waals surface area contributed by atoms with Gasteiger partial charge < -0.3 is 15.2 Å². The molecule has 2 aromatic heterocycles. The van der Waals surface area contributed by atoms with Gasteiger partial charge in [0.2, 0.25) is 5.95 Å². The normalized spacial score (nSPS) is 11.8. The van der Waals surface area contributed by atoms with Gasteiger partial charge in [0.15, 0.2) is 15.0 Å². The van der Waals surface area contributed by atoms with Gasteiger partial charge in [-0.3, -0.25) is 4.79 Å². The van der Waals surface area contributed by atoms with Gasteiger partial charge in [-0.15, -0.1) is 0 Å². The number of aryl methyl sites for hydroxylation is 1. The van der Waals surface area contributed by atoms with E-state index in [-0.39, 0.29) is 10.8 Å². The fraction of sp³-hybridized carbons (Fsp3) is 0.250. The molecule has 11 heteroatoms. The molecule has 4 rings (SSSR count). The van der Waals surface area contributed by atoms with Crippen molar-refractivity contribution in [1.29, 1.82) is 0 Å². The van der Waals surface area contributed by atoms with Gasteiger partial charge in [0.05, 0.1) is 26.1 Å². The Labute approximate surface area is 188 Å². The summed E-state index contributed by atoms with van der Waals surface area (Å²) in [7, 11) is -1.40. The molecule has 31 heavy (non-hydrogen) atoms. The summed E-state index contributed by atoms with van der Waals surface area (Å²) >= 11 is 3.03. The van der Waals surface area contributed by atoms with E-state index in [9.17, 15) is 13.2 Å². The highest BCUT2D eigenvalue weighted by Gasteiger charge is 2.14. The summed E-state index contributed by atoms with van der Waals surface area (Å²) in [5.74, 6) is 1.32. The average molecular weight is 476 g/mol. The van der Waals surface area contributed by atoms with E-state index in [0.717, 1.165) is 16.0 Å². The fourth-order valence-corrected chi connectivity index (χ4v) is 5.03. The van der Waals surface area contributed by atoms with Crippen LogP contribution in [0.3, 0.4) is 0 Å². The van der Waals surface area contributed by atoms with E-state index >= 15 is 0 Å². The Balaban J connectivity index is 1.61. The molecule has 0 spiro atoms. The zero-order valence-corrected chi connectivity index (χ0v) is 19.6. The van der Waals surface area contributed by atoms with Crippen molar-refractivity contribution < 1.29 is 13.2 Å². The lowest BCUT2D eigenvalue weighted by Gasteiger charge is -2.04. The van der Waals surface area contributed by atoms with E-state index in [4.69, 9.17) is 0 Å². The van der Waals surface area contributed by atoms with Crippen LogP contribution in [-0.2, 0) is 16.9 Å². The maximum atomic E-state index is 12.3. The number of fused-ring (bicyclic) bond motifs is 2. The van der Waals surface area contributed by atoms with Gasteiger partial charge in [0.25, 0.3) is 5.91 Å². The summed E-state index contributed by atoms with van der Waals surface area (Å²) in [4.78, 5) is 21.7. The maximum Gasteiger partial charge on any atom is 0.251 e. The zero-order valence-electron chi connectivity index (χ0n) is 17.2. The number of aromatic nitrogens is 3. The molecule has 0 saturated heterocycles. The van der Waals surface area contributed by atoms with Crippen molar-refractivity contribution in [2.24, 2.45) is 7.05 Å². The van der Waals surface area contributed by atoms with Crippen molar-refractivity contribution >= 4 is 71.2 Å². The first-order valence-electron chi connectivity index (χ1n) is 9.37. The maximum absolute atomic E-state index is 12.3. The molecule has 2 heterocycles. The first-order chi connectivity index (χ1) is 14.8. The lowest BCUT2D eigenvalue weighted by molar-refractivity contribution is 0.0956. The van der Waals surface area contributed by atoms with Gasteiger partial charge in [-0.05, 0) is 42.7 Å². The first kappa shape index (κ1) is 21.6. The molecular formula is C20H21N5O3S3. The molecule has 0 aliphatic rings. The number of thiazole rings is 1. The van der Waals surface area contributed by atoms with Gasteiger partial charge in [-0.2, -0.15) is 11.8 Å². The molecule has 0 radical (unpaired) electrons. The predicted octanol–water partition coefficient (Wildman–Crippen LogP) is 3.42. The minimum absolute atomic E-state index is 0.121. The third kappa shape index (κ3) is 4.53. The fourth-order valence-electron chi connectivity index (χ4n) is 3.11. The Kier molecular flexibility index (Phi) is 5.91. The number of amides is 1. The molecule has 8 nitrogen and oxygen atoms in total. The monoisotopic (exact) mass is 475 g/mol. The number of nitrogens with one attached hydrogen (secondary N) is 2. The predicted molar refractivity (Wildman–Crippen MR) is 127 cm³/mol.